The molecule has 0 spiro atoms. The number of hydrogen-bond donors (Lipinski definition) is 3. The van der Waals surface area contributed by atoms with E-state index >= 15 is 0 Å². The van der Waals surface area contributed by atoms with E-state index in [1.54, 1.807) is 7.11 Å². The highest BCUT2D eigenvalue weighted by molar-refractivity contribution is 5.83. The van der Waals surface area contributed by atoms with Gasteiger partial charge in [0.05, 0.1) is 11.4 Å². The predicted octanol–water partition coefficient (Wildman–Crippen LogP) is 3.16. The van der Waals surface area contributed by atoms with Crippen LogP contribution in [0.1, 0.15) is 44.1 Å². The second kappa shape index (κ2) is 8.63. The fourth-order valence-corrected chi connectivity index (χ4v) is 3.12. The minimum absolute atomic E-state index is 0.507. The summed E-state index contributed by atoms with van der Waals surface area (Å²) in [5.74, 6) is 0. The van der Waals surface area contributed by atoms with Crippen LogP contribution in [0, 0.1) is 0 Å². The van der Waals surface area contributed by atoms with Crippen LogP contribution < -0.4 is 16.4 Å². The van der Waals surface area contributed by atoms with Gasteiger partial charge in [0.15, 0.2) is 0 Å². The molecule has 1 aromatic rings. The third kappa shape index (κ3) is 4.37. The number of anilines is 3. The Hall–Kier alpha value is -1.75. The number of nitrogen functional groups attached to an aromatic ring is 1. The van der Waals surface area contributed by atoms with Gasteiger partial charge in [0.25, 0.3) is 0 Å². The normalized spacial score (nSPS) is 15.5. The molecular weight excluding hydrogens is 278 g/mol. The Morgan fingerprint density at radius 2 is 2.00 bits per heavy atom. The highest BCUT2D eigenvalue weighted by Crippen LogP contribution is 2.32. The largest absolute Gasteiger partial charge is 0.397 e. The van der Waals surface area contributed by atoms with Crippen molar-refractivity contribution in [3.63, 3.8) is 0 Å². The first kappa shape index (κ1) is 16.6. The summed E-state index contributed by atoms with van der Waals surface area (Å²) in [4.78, 5) is 10.8. The monoisotopic (exact) mass is 305 g/mol. The molecule has 1 aromatic carbocycles. The molecule has 1 aliphatic rings. The van der Waals surface area contributed by atoms with Gasteiger partial charge in [-0.25, -0.2) is 0 Å². The van der Waals surface area contributed by atoms with E-state index in [1.807, 2.05) is 12.1 Å². The SMILES string of the molecule is COCCCc1c(NC=O)ccc(NC2CCCCC2)c1N. The van der Waals surface area contributed by atoms with Crippen molar-refractivity contribution in [2.24, 2.45) is 0 Å². The van der Waals surface area contributed by atoms with Crippen molar-refractivity contribution < 1.29 is 9.53 Å². The summed E-state index contributed by atoms with van der Waals surface area (Å²) in [5.41, 5.74) is 9.86. The topological polar surface area (TPSA) is 76.4 Å². The van der Waals surface area contributed by atoms with Gasteiger partial charge in [0.2, 0.25) is 6.41 Å². The van der Waals surface area contributed by atoms with Crippen molar-refractivity contribution >= 4 is 23.5 Å². The van der Waals surface area contributed by atoms with E-state index in [1.165, 1.54) is 32.1 Å². The van der Waals surface area contributed by atoms with Crippen LogP contribution in [0.2, 0.25) is 0 Å². The van der Waals surface area contributed by atoms with Crippen molar-refractivity contribution in [3.8, 4) is 0 Å². The summed E-state index contributed by atoms with van der Waals surface area (Å²) < 4.78 is 5.11. The number of hydrogen-bond acceptors (Lipinski definition) is 4. The van der Waals surface area contributed by atoms with E-state index in [4.69, 9.17) is 10.5 Å². The molecule has 0 atom stereocenters. The molecule has 5 heteroatoms. The van der Waals surface area contributed by atoms with Crippen molar-refractivity contribution in [2.75, 3.05) is 30.1 Å². The average molecular weight is 305 g/mol. The number of amides is 1. The number of rotatable bonds is 8. The first-order valence-corrected chi connectivity index (χ1v) is 8.13. The lowest BCUT2D eigenvalue weighted by atomic mass is 9.95. The Balaban J connectivity index is 2.15. The summed E-state index contributed by atoms with van der Waals surface area (Å²) >= 11 is 0. The quantitative estimate of drug-likeness (QED) is 0.392. The molecular formula is C17H27N3O2. The highest BCUT2D eigenvalue weighted by atomic mass is 16.5. The van der Waals surface area contributed by atoms with Gasteiger partial charge >= 0.3 is 0 Å². The van der Waals surface area contributed by atoms with Crippen LogP contribution >= 0.6 is 0 Å². The third-order valence-electron chi connectivity index (χ3n) is 4.31. The lowest BCUT2D eigenvalue weighted by Crippen LogP contribution is -2.23. The number of carbonyl (C=O) groups excluding carboxylic acids is 1. The van der Waals surface area contributed by atoms with Gasteiger partial charge < -0.3 is 21.1 Å². The van der Waals surface area contributed by atoms with Gasteiger partial charge in [-0.15, -0.1) is 0 Å². The Kier molecular flexibility index (Phi) is 6.52. The van der Waals surface area contributed by atoms with Crippen LogP contribution in [0.3, 0.4) is 0 Å². The molecule has 0 aromatic heterocycles. The maximum absolute atomic E-state index is 10.8. The molecule has 0 radical (unpaired) electrons. The fraction of sp³-hybridized carbons (Fsp3) is 0.588. The van der Waals surface area contributed by atoms with E-state index in [9.17, 15) is 4.79 Å². The predicted molar refractivity (Wildman–Crippen MR) is 91.2 cm³/mol. The first-order chi connectivity index (χ1) is 10.8. The number of benzene rings is 1. The van der Waals surface area contributed by atoms with Crippen LogP contribution in [0.4, 0.5) is 17.1 Å². The molecule has 5 nitrogen and oxygen atoms in total. The third-order valence-corrected chi connectivity index (χ3v) is 4.31. The molecule has 122 valence electrons. The van der Waals surface area contributed by atoms with Crippen LogP contribution in [-0.4, -0.2) is 26.2 Å². The standard InChI is InChI=1S/C17H27N3O2/c1-22-11-5-8-14-15(19-12-21)9-10-16(17(14)18)20-13-6-3-2-4-7-13/h9-10,12-13,20H,2-8,11,18H2,1H3,(H,19,21). The van der Waals surface area contributed by atoms with Gasteiger partial charge in [0, 0.05) is 31.0 Å². The van der Waals surface area contributed by atoms with Crippen molar-refractivity contribution in [2.45, 2.75) is 51.0 Å². The van der Waals surface area contributed by atoms with Crippen molar-refractivity contribution in [1.82, 2.24) is 0 Å². The van der Waals surface area contributed by atoms with E-state index in [-0.39, 0.29) is 0 Å². The lowest BCUT2D eigenvalue weighted by Gasteiger charge is -2.25. The van der Waals surface area contributed by atoms with Gasteiger partial charge in [-0.2, -0.15) is 0 Å². The van der Waals surface area contributed by atoms with E-state index < -0.39 is 0 Å². The summed E-state index contributed by atoms with van der Waals surface area (Å²) in [5, 5.41) is 6.32. The van der Waals surface area contributed by atoms with Crippen LogP contribution in [0.15, 0.2) is 12.1 Å². The molecule has 0 aliphatic heterocycles. The zero-order chi connectivity index (χ0) is 15.8. The molecule has 0 heterocycles. The van der Waals surface area contributed by atoms with Crippen molar-refractivity contribution in [1.29, 1.82) is 0 Å². The van der Waals surface area contributed by atoms with E-state index in [0.29, 0.717) is 19.1 Å². The Labute approximate surface area is 132 Å². The van der Waals surface area contributed by atoms with E-state index in [2.05, 4.69) is 10.6 Å². The number of nitrogens with two attached hydrogens (primary N) is 1. The molecule has 1 saturated carbocycles. The maximum Gasteiger partial charge on any atom is 0.211 e. The molecule has 0 unspecified atom stereocenters. The first-order valence-electron chi connectivity index (χ1n) is 8.13. The number of methoxy groups -OCH3 is 1. The van der Waals surface area contributed by atoms with Crippen LogP contribution in [-0.2, 0) is 16.0 Å². The summed E-state index contributed by atoms with van der Waals surface area (Å²) in [6, 6.07) is 4.40. The molecule has 22 heavy (non-hydrogen) atoms. The lowest BCUT2D eigenvalue weighted by molar-refractivity contribution is -0.105. The summed E-state index contributed by atoms with van der Waals surface area (Å²) in [7, 11) is 1.69. The van der Waals surface area contributed by atoms with Gasteiger partial charge in [-0.1, -0.05) is 19.3 Å². The van der Waals surface area contributed by atoms with Crippen molar-refractivity contribution in [3.05, 3.63) is 17.7 Å². The molecule has 0 saturated heterocycles. The molecule has 1 amide bonds. The molecule has 4 N–H and O–H groups in total. The minimum atomic E-state index is 0.507. The second-order valence-corrected chi connectivity index (χ2v) is 5.89. The van der Waals surface area contributed by atoms with Gasteiger partial charge in [0.1, 0.15) is 0 Å². The maximum atomic E-state index is 10.8. The van der Waals surface area contributed by atoms with Crippen LogP contribution in [0.5, 0.6) is 0 Å². The average Bonchev–Trinajstić information content (AvgIpc) is 2.54. The Morgan fingerprint density at radius 1 is 1.27 bits per heavy atom. The van der Waals surface area contributed by atoms with Crippen LogP contribution in [0.25, 0.3) is 0 Å². The Bertz CT molecular complexity index is 485. The number of nitrogens with one attached hydrogen (secondary N) is 2. The fourth-order valence-electron chi connectivity index (χ4n) is 3.12. The summed E-state index contributed by atoms with van der Waals surface area (Å²) in [6.45, 7) is 0.681. The molecule has 1 aliphatic carbocycles. The zero-order valence-corrected chi connectivity index (χ0v) is 13.4. The Morgan fingerprint density at radius 3 is 2.68 bits per heavy atom. The summed E-state index contributed by atoms with van der Waals surface area (Å²) in [6.07, 6.45) is 8.66. The number of carbonyl (C=O) groups is 1. The number of ether oxygens (including phenoxy) is 1. The zero-order valence-electron chi connectivity index (χ0n) is 13.4. The second-order valence-electron chi connectivity index (χ2n) is 5.89. The molecule has 0 bridgehead atoms. The van der Waals surface area contributed by atoms with Gasteiger partial charge in [-0.05, 0) is 37.8 Å². The van der Waals surface area contributed by atoms with Gasteiger partial charge in [-0.3, -0.25) is 4.79 Å². The minimum Gasteiger partial charge on any atom is -0.397 e. The highest BCUT2D eigenvalue weighted by Gasteiger charge is 2.16. The molecule has 2 rings (SSSR count). The molecule has 1 fully saturated rings. The van der Waals surface area contributed by atoms with E-state index in [0.717, 1.165) is 35.5 Å². The smallest absolute Gasteiger partial charge is 0.211 e.